The average Bonchev–Trinajstić information content (AvgIpc) is 3.40. The number of rotatable bonds is 9. The van der Waals surface area contributed by atoms with Gasteiger partial charge in [0.1, 0.15) is 11.5 Å². The minimum absolute atomic E-state index is 0.363. The molecule has 0 radical (unpaired) electrons. The topological polar surface area (TPSA) is 82.5 Å². The number of nitrogens with zero attached hydrogens (tertiary/aromatic N) is 3. The van der Waals surface area contributed by atoms with Gasteiger partial charge in [-0.05, 0) is 67.1 Å². The molecule has 0 unspecified atom stereocenters. The molecule has 5 aromatic rings. The normalized spacial score (nSPS) is 11.0. The largest absolute Gasteiger partial charge is 0.493 e. The molecular formula is C31H27N3O5S. The van der Waals surface area contributed by atoms with Crippen molar-refractivity contribution in [2.75, 3.05) is 26.3 Å². The number of benzene rings is 4. The lowest BCUT2D eigenvalue weighted by Gasteiger charge is -2.15. The van der Waals surface area contributed by atoms with E-state index in [9.17, 15) is 4.79 Å². The lowest BCUT2D eigenvalue weighted by molar-refractivity contribution is 0.0987. The van der Waals surface area contributed by atoms with E-state index in [1.165, 1.54) is 16.3 Å². The molecule has 4 aromatic carbocycles. The van der Waals surface area contributed by atoms with Gasteiger partial charge in [0.25, 0.3) is 5.91 Å². The van der Waals surface area contributed by atoms with Crippen molar-refractivity contribution in [3.05, 3.63) is 102 Å². The number of fused-ring (bicyclic) bond motifs is 1. The number of carbonyl (C=O) groups excluding carboxylic acids is 1. The molecule has 0 aliphatic rings. The van der Waals surface area contributed by atoms with Crippen LogP contribution in [0.4, 0.5) is 5.13 Å². The number of amides is 1. The van der Waals surface area contributed by atoms with Gasteiger partial charge in [-0.3, -0.25) is 4.79 Å². The number of carbonyl (C=O) groups is 1. The number of hydrogen-bond acceptors (Lipinski definition) is 8. The highest BCUT2D eigenvalue weighted by molar-refractivity contribution is 7.22. The third kappa shape index (κ3) is 5.74. The van der Waals surface area contributed by atoms with E-state index in [2.05, 4.69) is 5.10 Å². The molecule has 0 aliphatic carbocycles. The number of anilines is 1. The minimum atomic E-state index is -0.363. The monoisotopic (exact) mass is 553 g/mol. The number of thiazole rings is 1. The molecule has 1 heterocycles. The van der Waals surface area contributed by atoms with Crippen molar-refractivity contribution < 1.29 is 23.7 Å². The zero-order valence-corrected chi connectivity index (χ0v) is 23.3. The summed E-state index contributed by atoms with van der Waals surface area (Å²) < 4.78 is 23.3. The number of aromatic nitrogens is 1. The molecule has 202 valence electrons. The van der Waals surface area contributed by atoms with Gasteiger partial charge in [0.05, 0.1) is 37.8 Å². The molecule has 0 fully saturated rings. The van der Waals surface area contributed by atoms with E-state index in [-0.39, 0.29) is 5.91 Å². The van der Waals surface area contributed by atoms with Gasteiger partial charge < -0.3 is 18.9 Å². The van der Waals surface area contributed by atoms with Crippen molar-refractivity contribution in [3.8, 4) is 28.7 Å². The van der Waals surface area contributed by atoms with Crippen LogP contribution in [-0.2, 0) is 0 Å². The van der Waals surface area contributed by atoms with E-state index in [1.54, 1.807) is 63.9 Å². The number of hydrazone groups is 1. The molecule has 40 heavy (non-hydrogen) atoms. The first-order valence-corrected chi connectivity index (χ1v) is 13.2. The number of methoxy groups -OCH3 is 3. The summed E-state index contributed by atoms with van der Waals surface area (Å²) in [6.07, 6.45) is 1.56. The fraction of sp³-hybridized carbons (Fsp3) is 0.129. The maximum atomic E-state index is 13.9. The van der Waals surface area contributed by atoms with Crippen LogP contribution in [0.25, 0.3) is 10.2 Å². The van der Waals surface area contributed by atoms with Gasteiger partial charge in [0, 0.05) is 11.1 Å². The third-order valence-electron chi connectivity index (χ3n) is 5.98. The summed E-state index contributed by atoms with van der Waals surface area (Å²) in [6, 6.07) is 25.8. The Morgan fingerprint density at radius 2 is 1.57 bits per heavy atom. The first-order valence-electron chi connectivity index (χ1n) is 12.4. The van der Waals surface area contributed by atoms with Gasteiger partial charge in [0.15, 0.2) is 11.5 Å². The summed E-state index contributed by atoms with van der Waals surface area (Å²) in [6.45, 7) is 2.02. The van der Waals surface area contributed by atoms with E-state index in [0.29, 0.717) is 45.0 Å². The number of ether oxygens (including phenoxy) is 4. The Hall–Kier alpha value is -4.89. The number of aryl methyl sites for hydroxylation is 1. The molecule has 0 aliphatic heterocycles. The molecule has 0 spiro atoms. The molecule has 1 amide bonds. The summed E-state index contributed by atoms with van der Waals surface area (Å²) in [5, 5.41) is 6.32. The van der Waals surface area contributed by atoms with E-state index in [0.717, 1.165) is 15.8 Å². The van der Waals surface area contributed by atoms with Gasteiger partial charge in [-0.1, -0.05) is 41.7 Å². The third-order valence-corrected chi connectivity index (χ3v) is 6.97. The lowest BCUT2D eigenvalue weighted by Crippen LogP contribution is -2.25. The van der Waals surface area contributed by atoms with E-state index < -0.39 is 0 Å². The van der Waals surface area contributed by atoms with Gasteiger partial charge in [-0.15, -0.1) is 0 Å². The van der Waals surface area contributed by atoms with Crippen LogP contribution in [0.15, 0.2) is 90.0 Å². The van der Waals surface area contributed by atoms with Crippen molar-refractivity contribution in [1.82, 2.24) is 4.98 Å². The van der Waals surface area contributed by atoms with Crippen LogP contribution < -0.4 is 24.0 Å². The van der Waals surface area contributed by atoms with Crippen LogP contribution in [0.2, 0.25) is 0 Å². The van der Waals surface area contributed by atoms with Gasteiger partial charge in [0.2, 0.25) is 10.9 Å². The molecule has 5 rings (SSSR count). The summed E-state index contributed by atoms with van der Waals surface area (Å²) >= 11 is 1.39. The Morgan fingerprint density at radius 3 is 2.27 bits per heavy atom. The molecular weight excluding hydrogens is 526 g/mol. The smallest absolute Gasteiger partial charge is 0.280 e. The van der Waals surface area contributed by atoms with Gasteiger partial charge in [-0.2, -0.15) is 10.1 Å². The predicted octanol–water partition coefficient (Wildman–Crippen LogP) is 7.10. The SMILES string of the molecule is COc1cc(/C=N/N(C(=O)c2cccc(Oc3ccccc3)c2)c2nc3ccc(C)cc3s2)cc(OC)c1OC. The van der Waals surface area contributed by atoms with Crippen LogP contribution in [0.5, 0.6) is 28.7 Å². The molecule has 0 bridgehead atoms. The lowest BCUT2D eigenvalue weighted by atomic mass is 10.2. The zero-order chi connectivity index (χ0) is 28.1. The van der Waals surface area contributed by atoms with Crippen molar-refractivity contribution in [3.63, 3.8) is 0 Å². The second-order valence-corrected chi connectivity index (χ2v) is 9.74. The summed E-state index contributed by atoms with van der Waals surface area (Å²) in [5.74, 6) is 2.26. The Kier molecular flexibility index (Phi) is 7.93. The van der Waals surface area contributed by atoms with E-state index >= 15 is 0 Å². The fourth-order valence-electron chi connectivity index (χ4n) is 4.04. The van der Waals surface area contributed by atoms with Crippen LogP contribution in [-0.4, -0.2) is 38.4 Å². The maximum absolute atomic E-state index is 13.9. The van der Waals surface area contributed by atoms with E-state index in [1.807, 2.05) is 55.5 Å². The van der Waals surface area contributed by atoms with Crippen LogP contribution in [0.3, 0.4) is 0 Å². The molecule has 0 saturated heterocycles. The molecule has 9 heteroatoms. The predicted molar refractivity (Wildman–Crippen MR) is 158 cm³/mol. The zero-order valence-electron chi connectivity index (χ0n) is 22.5. The minimum Gasteiger partial charge on any atom is -0.493 e. The number of para-hydroxylation sites is 1. The van der Waals surface area contributed by atoms with Crippen LogP contribution in [0.1, 0.15) is 21.5 Å². The van der Waals surface area contributed by atoms with Crippen molar-refractivity contribution >= 4 is 38.8 Å². The molecule has 1 aromatic heterocycles. The molecule has 0 saturated carbocycles. The molecule has 8 nitrogen and oxygen atoms in total. The van der Waals surface area contributed by atoms with Crippen molar-refractivity contribution in [2.24, 2.45) is 5.10 Å². The summed E-state index contributed by atoms with van der Waals surface area (Å²) in [4.78, 5) is 18.6. The second-order valence-electron chi connectivity index (χ2n) is 8.73. The Morgan fingerprint density at radius 1 is 0.850 bits per heavy atom. The summed E-state index contributed by atoms with van der Waals surface area (Å²) in [7, 11) is 4.63. The average molecular weight is 554 g/mol. The van der Waals surface area contributed by atoms with Crippen LogP contribution >= 0.6 is 11.3 Å². The van der Waals surface area contributed by atoms with E-state index in [4.69, 9.17) is 23.9 Å². The van der Waals surface area contributed by atoms with Crippen molar-refractivity contribution in [2.45, 2.75) is 6.92 Å². The standard InChI is InChI=1S/C31H27N3O5S/c1-20-13-14-25-28(15-20)40-31(33-25)34(32-19-21-16-26(36-2)29(38-4)27(17-21)37-3)30(35)22-9-8-12-24(18-22)39-23-10-6-5-7-11-23/h5-19H,1-4H3/b32-19+. The Labute approximate surface area is 236 Å². The highest BCUT2D eigenvalue weighted by Gasteiger charge is 2.22. The van der Waals surface area contributed by atoms with Gasteiger partial charge in [-0.25, -0.2) is 4.98 Å². The van der Waals surface area contributed by atoms with Crippen LogP contribution in [0, 0.1) is 6.92 Å². The maximum Gasteiger partial charge on any atom is 0.280 e. The quantitative estimate of drug-likeness (QED) is 0.143. The molecule has 0 N–H and O–H groups in total. The highest BCUT2D eigenvalue weighted by atomic mass is 32.1. The fourth-order valence-corrected chi connectivity index (χ4v) is 5.06. The first kappa shape index (κ1) is 26.7. The highest BCUT2D eigenvalue weighted by Crippen LogP contribution is 2.38. The van der Waals surface area contributed by atoms with Gasteiger partial charge >= 0.3 is 0 Å². The van der Waals surface area contributed by atoms with Crippen molar-refractivity contribution in [1.29, 1.82) is 0 Å². The Bertz CT molecular complexity index is 1660. The Balaban J connectivity index is 1.54. The molecule has 0 atom stereocenters. The summed E-state index contributed by atoms with van der Waals surface area (Å²) in [5.41, 5.74) is 2.93. The second kappa shape index (κ2) is 11.9. The first-order chi connectivity index (χ1) is 19.5. The number of hydrogen-bond donors (Lipinski definition) is 0.